The van der Waals surface area contributed by atoms with Crippen molar-refractivity contribution in [2.75, 3.05) is 29.5 Å². The summed E-state index contributed by atoms with van der Waals surface area (Å²) in [5, 5.41) is 6.63. The van der Waals surface area contributed by atoms with Crippen LogP contribution >= 0.6 is 11.8 Å². The minimum absolute atomic E-state index is 0.357. The fourth-order valence-electron chi connectivity index (χ4n) is 2.11. The number of nitrogens with zero attached hydrogens (tertiary/aromatic N) is 2. The van der Waals surface area contributed by atoms with E-state index in [1.807, 2.05) is 20.0 Å². The molecule has 1 fully saturated rings. The fourth-order valence-corrected chi connectivity index (χ4v) is 3.36. The van der Waals surface area contributed by atoms with Gasteiger partial charge in [-0.1, -0.05) is 0 Å². The average Bonchev–Trinajstić information content (AvgIpc) is 2.78. The summed E-state index contributed by atoms with van der Waals surface area (Å²) in [6, 6.07) is 0. The third kappa shape index (κ3) is 3.28. The van der Waals surface area contributed by atoms with Gasteiger partial charge in [0.05, 0.1) is 0 Å². The molecule has 5 heteroatoms. The van der Waals surface area contributed by atoms with Gasteiger partial charge in [0.2, 0.25) is 5.95 Å². The highest BCUT2D eigenvalue weighted by Crippen LogP contribution is 2.37. The van der Waals surface area contributed by atoms with Crippen LogP contribution < -0.4 is 10.6 Å². The number of anilines is 2. The highest BCUT2D eigenvalue weighted by Gasteiger charge is 2.29. The molecule has 1 aromatic rings. The molecule has 0 bridgehead atoms. The van der Waals surface area contributed by atoms with Crippen molar-refractivity contribution < 1.29 is 0 Å². The quantitative estimate of drug-likeness (QED) is 0.858. The van der Waals surface area contributed by atoms with Gasteiger partial charge in [0.1, 0.15) is 5.82 Å². The predicted octanol–water partition coefficient (Wildman–Crippen LogP) is 2.91. The van der Waals surface area contributed by atoms with Gasteiger partial charge >= 0.3 is 0 Å². The van der Waals surface area contributed by atoms with E-state index in [9.17, 15) is 0 Å². The minimum atomic E-state index is 0.357. The van der Waals surface area contributed by atoms with Crippen molar-refractivity contribution in [3.8, 4) is 0 Å². The van der Waals surface area contributed by atoms with E-state index in [0.717, 1.165) is 24.5 Å². The Morgan fingerprint density at radius 3 is 2.94 bits per heavy atom. The summed E-state index contributed by atoms with van der Waals surface area (Å²) in [5.41, 5.74) is 1.10. The first-order valence-electron chi connectivity index (χ1n) is 6.58. The highest BCUT2D eigenvalue weighted by atomic mass is 32.2. The average molecular weight is 266 g/mol. The zero-order valence-corrected chi connectivity index (χ0v) is 12.2. The van der Waals surface area contributed by atoms with E-state index in [1.54, 1.807) is 0 Å². The van der Waals surface area contributed by atoms with Gasteiger partial charge in [-0.25, -0.2) is 4.98 Å². The molecule has 1 aliphatic heterocycles. The van der Waals surface area contributed by atoms with Crippen LogP contribution in [0.15, 0.2) is 6.20 Å². The molecule has 2 rings (SSSR count). The summed E-state index contributed by atoms with van der Waals surface area (Å²) in [7, 11) is 0. The fraction of sp³-hybridized carbons (Fsp3) is 0.692. The summed E-state index contributed by atoms with van der Waals surface area (Å²) >= 11 is 2.06. The Bertz CT molecular complexity index is 402. The third-order valence-electron chi connectivity index (χ3n) is 3.24. The van der Waals surface area contributed by atoms with Gasteiger partial charge in [-0.2, -0.15) is 16.7 Å². The smallest absolute Gasteiger partial charge is 0.224 e. The van der Waals surface area contributed by atoms with Crippen molar-refractivity contribution in [3.63, 3.8) is 0 Å². The number of aryl methyl sites for hydroxylation is 1. The molecule has 0 spiro atoms. The Balaban J connectivity index is 2.01. The summed E-state index contributed by atoms with van der Waals surface area (Å²) in [6.07, 6.45) is 4.49. The Kier molecular flexibility index (Phi) is 4.32. The van der Waals surface area contributed by atoms with E-state index in [4.69, 9.17) is 0 Å². The van der Waals surface area contributed by atoms with Gasteiger partial charge in [0.25, 0.3) is 0 Å². The number of rotatable bonds is 5. The lowest BCUT2D eigenvalue weighted by atomic mass is 10.1. The van der Waals surface area contributed by atoms with Gasteiger partial charge in [-0.05, 0) is 39.4 Å². The SMILES string of the molecule is CCNc1ncc(C)c(NCC2(C)CCCS2)n1. The molecule has 0 saturated carbocycles. The van der Waals surface area contributed by atoms with E-state index in [2.05, 4.69) is 39.3 Å². The number of thioether (sulfide) groups is 1. The molecule has 4 nitrogen and oxygen atoms in total. The largest absolute Gasteiger partial charge is 0.368 e. The van der Waals surface area contributed by atoms with Crippen molar-refractivity contribution in [3.05, 3.63) is 11.8 Å². The summed E-state index contributed by atoms with van der Waals surface area (Å²) < 4.78 is 0.357. The van der Waals surface area contributed by atoms with E-state index in [0.29, 0.717) is 10.7 Å². The molecule has 18 heavy (non-hydrogen) atoms. The van der Waals surface area contributed by atoms with Crippen LogP contribution in [0.25, 0.3) is 0 Å². The van der Waals surface area contributed by atoms with E-state index in [-0.39, 0.29) is 0 Å². The van der Waals surface area contributed by atoms with Crippen LogP contribution in [-0.2, 0) is 0 Å². The van der Waals surface area contributed by atoms with E-state index in [1.165, 1.54) is 18.6 Å². The normalized spacial score (nSPS) is 23.1. The maximum Gasteiger partial charge on any atom is 0.224 e. The lowest BCUT2D eigenvalue weighted by Gasteiger charge is -2.23. The second kappa shape index (κ2) is 5.78. The first-order chi connectivity index (χ1) is 8.63. The van der Waals surface area contributed by atoms with Crippen LogP contribution in [0.1, 0.15) is 32.3 Å². The van der Waals surface area contributed by atoms with Crippen molar-refractivity contribution in [1.29, 1.82) is 0 Å². The van der Waals surface area contributed by atoms with Gasteiger partial charge in [0.15, 0.2) is 0 Å². The molecule has 0 aromatic carbocycles. The molecule has 1 atom stereocenters. The van der Waals surface area contributed by atoms with E-state index < -0.39 is 0 Å². The predicted molar refractivity (Wildman–Crippen MR) is 79.5 cm³/mol. The topological polar surface area (TPSA) is 49.8 Å². The Labute approximate surface area is 113 Å². The molecule has 1 saturated heterocycles. The maximum absolute atomic E-state index is 4.51. The minimum Gasteiger partial charge on any atom is -0.368 e. The van der Waals surface area contributed by atoms with Crippen LogP contribution in [0.5, 0.6) is 0 Å². The summed E-state index contributed by atoms with van der Waals surface area (Å²) in [5.74, 6) is 2.94. The molecular weight excluding hydrogens is 244 g/mol. The van der Waals surface area contributed by atoms with Crippen LogP contribution in [-0.4, -0.2) is 33.6 Å². The number of nitrogens with one attached hydrogen (secondary N) is 2. The van der Waals surface area contributed by atoms with Crippen LogP contribution in [0.2, 0.25) is 0 Å². The molecule has 2 N–H and O–H groups in total. The third-order valence-corrected chi connectivity index (χ3v) is 4.78. The van der Waals surface area contributed by atoms with Crippen molar-refractivity contribution in [2.45, 2.75) is 38.4 Å². The lowest BCUT2D eigenvalue weighted by molar-refractivity contribution is 0.633. The second-order valence-corrected chi connectivity index (χ2v) is 6.69. The zero-order chi connectivity index (χ0) is 13.0. The Morgan fingerprint density at radius 2 is 2.28 bits per heavy atom. The van der Waals surface area contributed by atoms with Gasteiger partial charge in [-0.15, -0.1) is 0 Å². The lowest BCUT2D eigenvalue weighted by Crippen LogP contribution is -2.27. The molecule has 0 aliphatic carbocycles. The first kappa shape index (κ1) is 13.5. The monoisotopic (exact) mass is 266 g/mol. The van der Waals surface area contributed by atoms with E-state index >= 15 is 0 Å². The molecule has 0 amide bonds. The molecule has 1 aliphatic rings. The van der Waals surface area contributed by atoms with Crippen molar-refractivity contribution >= 4 is 23.5 Å². The molecule has 0 radical (unpaired) electrons. The van der Waals surface area contributed by atoms with Gasteiger partial charge in [0, 0.05) is 29.6 Å². The first-order valence-corrected chi connectivity index (χ1v) is 7.57. The van der Waals surface area contributed by atoms with Crippen LogP contribution in [0, 0.1) is 6.92 Å². The molecule has 1 aromatic heterocycles. The van der Waals surface area contributed by atoms with Gasteiger partial charge < -0.3 is 10.6 Å². The van der Waals surface area contributed by atoms with Crippen molar-refractivity contribution in [2.24, 2.45) is 0 Å². The zero-order valence-electron chi connectivity index (χ0n) is 11.4. The highest BCUT2D eigenvalue weighted by molar-refractivity contribution is 8.00. The maximum atomic E-state index is 4.51. The second-order valence-electron chi connectivity index (χ2n) is 5.01. The molecule has 100 valence electrons. The van der Waals surface area contributed by atoms with Gasteiger partial charge in [-0.3, -0.25) is 0 Å². The summed E-state index contributed by atoms with van der Waals surface area (Å²) in [4.78, 5) is 8.77. The number of hydrogen-bond donors (Lipinski definition) is 2. The Hall–Kier alpha value is -0.970. The molecule has 2 heterocycles. The summed E-state index contributed by atoms with van der Waals surface area (Å²) in [6.45, 7) is 8.24. The number of hydrogen-bond acceptors (Lipinski definition) is 5. The standard InChI is InChI=1S/C13H22N4S/c1-4-14-12-15-8-10(2)11(17-12)16-9-13(3)6-5-7-18-13/h8H,4-7,9H2,1-3H3,(H2,14,15,16,17). The Morgan fingerprint density at radius 1 is 1.44 bits per heavy atom. The molecule has 1 unspecified atom stereocenters. The van der Waals surface area contributed by atoms with Crippen LogP contribution in [0.4, 0.5) is 11.8 Å². The van der Waals surface area contributed by atoms with Crippen LogP contribution in [0.3, 0.4) is 0 Å². The number of aromatic nitrogens is 2. The van der Waals surface area contributed by atoms with Crippen molar-refractivity contribution in [1.82, 2.24) is 9.97 Å². The molecular formula is C13H22N4S.